The van der Waals surface area contributed by atoms with Gasteiger partial charge in [0.2, 0.25) is 0 Å². The van der Waals surface area contributed by atoms with Gasteiger partial charge in [-0.1, -0.05) is 0 Å². The molecule has 0 bridgehead atoms. The van der Waals surface area contributed by atoms with Crippen LogP contribution in [0.5, 0.6) is 0 Å². The fraction of sp³-hybridized carbons (Fsp3) is 0.714. The third kappa shape index (κ3) is 4.45. The molecule has 1 aromatic rings. The summed E-state index contributed by atoms with van der Waals surface area (Å²) >= 11 is 1.58. The van der Waals surface area contributed by atoms with E-state index in [1.807, 2.05) is 27.0 Å². The first kappa shape index (κ1) is 15.3. The van der Waals surface area contributed by atoms with Crippen molar-refractivity contribution < 1.29 is 14.3 Å². The highest BCUT2D eigenvalue weighted by atomic mass is 32.1. The van der Waals surface area contributed by atoms with E-state index >= 15 is 0 Å². The summed E-state index contributed by atoms with van der Waals surface area (Å²) in [6, 6.07) is 0.123. The van der Waals surface area contributed by atoms with Gasteiger partial charge in [0.25, 0.3) is 0 Å². The maximum Gasteiger partial charge on any atom is 0.410 e. The lowest BCUT2D eigenvalue weighted by molar-refractivity contribution is 0.00904. The normalized spacial score (nSPS) is 19.4. The highest BCUT2D eigenvalue weighted by Crippen LogP contribution is 2.21. The summed E-state index contributed by atoms with van der Waals surface area (Å²) in [4.78, 5) is 19.0. The highest BCUT2D eigenvalue weighted by Gasteiger charge is 2.32. The van der Waals surface area contributed by atoms with Gasteiger partial charge >= 0.3 is 6.09 Å². The Balaban J connectivity index is 1.79. The maximum atomic E-state index is 12.1. The van der Waals surface area contributed by atoms with Crippen LogP contribution in [0.4, 0.5) is 4.79 Å². The zero-order valence-corrected chi connectivity index (χ0v) is 13.1. The molecule has 1 amide bonds. The summed E-state index contributed by atoms with van der Waals surface area (Å²) in [6.45, 7) is 7.52. The average Bonchev–Trinajstić information content (AvgIpc) is 2.97. The summed E-state index contributed by atoms with van der Waals surface area (Å²) < 4.78 is 11.1. The molecule has 5 nitrogen and oxygen atoms in total. The van der Waals surface area contributed by atoms with Crippen molar-refractivity contribution in [3.8, 4) is 0 Å². The van der Waals surface area contributed by atoms with Crippen molar-refractivity contribution in [1.29, 1.82) is 0 Å². The number of carbonyl (C=O) groups is 1. The number of hydrogen-bond acceptors (Lipinski definition) is 5. The zero-order valence-electron chi connectivity index (χ0n) is 12.3. The highest BCUT2D eigenvalue weighted by molar-refractivity contribution is 7.09. The molecule has 0 aromatic carbocycles. The van der Waals surface area contributed by atoms with E-state index in [2.05, 4.69) is 4.98 Å². The lowest BCUT2D eigenvalue weighted by Gasteiger charge is -2.28. The van der Waals surface area contributed by atoms with Gasteiger partial charge in [-0.25, -0.2) is 4.79 Å². The number of ether oxygens (including phenoxy) is 2. The molecule has 0 radical (unpaired) electrons. The van der Waals surface area contributed by atoms with Gasteiger partial charge in [0.15, 0.2) is 0 Å². The predicted octanol–water partition coefficient (Wildman–Crippen LogP) is 3.06. The molecule has 0 N–H and O–H groups in total. The maximum absolute atomic E-state index is 12.1. The van der Waals surface area contributed by atoms with Crippen LogP contribution < -0.4 is 0 Å². The third-order valence-electron chi connectivity index (χ3n) is 3.04. The molecule has 1 fully saturated rings. The Hall–Kier alpha value is -1.14. The topological polar surface area (TPSA) is 51.7 Å². The van der Waals surface area contributed by atoms with Gasteiger partial charge in [-0.05, 0) is 33.6 Å². The van der Waals surface area contributed by atoms with Crippen LogP contribution >= 0.6 is 11.3 Å². The predicted molar refractivity (Wildman–Crippen MR) is 77.7 cm³/mol. The van der Waals surface area contributed by atoms with E-state index in [-0.39, 0.29) is 12.1 Å². The van der Waals surface area contributed by atoms with E-state index in [1.54, 1.807) is 21.7 Å². The smallest absolute Gasteiger partial charge is 0.410 e. The number of nitrogens with zero attached hydrogens (tertiary/aromatic N) is 2. The Kier molecular flexibility index (Phi) is 4.99. The van der Waals surface area contributed by atoms with Gasteiger partial charge in [-0.15, -0.1) is 11.3 Å². The van der Waals surface area contributed by atoms with Crippen LogP contribution in [0.25, 0.3) is 0 Å². The van der Waals surface area contributed by atoms with E-state index in [4.69, 9.17) is 9.47 Å². The van der Waals surface area contributed by atoms with Gasteiger partial charge in [0.1, 0.15) is 5.60 Å². The molecule has 1 atom stereocenters. The molecule has 2 rings (SSSR count). The standard InChI is InChI=1S/C14H22N2O3S/c1-14(2,3)19-13(17)16-6-4-5-11(16)8-18-9-12-7-15-10-20-12/h7,10-11H,4-6,8-9H2,1-3H3/t11-/m1/s1. The first-order valence-electron chi connectivity index (χ1n) is 6.90. The molecule has 112 valence electrons. The minimum Gasteiger partial charge on any atom is -0.444 e. The molecule has 0 saturated carbocycles. The molecule has 1 aliphatic heterocycles. The first-order chi connectivity index (χ1) is 9.46. The van der Waals surface area contributed by atoms with Crippen LogP contribution in [0.1, 0.15) is 38.5 Å². The Labute approximate surface area is 123 Å². The van der Waals surface area contributed by atoms with Crippen LogP contribution in [-0.2, 0) is 16.1 Å². The second-order valence-electron chi connectivity index (χ2n) is 5.95. The SMILES string of the molecule is CC(C)(C)OC(=O)N1CCC[C@@H]1COCc1cncs1. The molecule has 0 aliphatic carbocycles. The van der Waals surface area contributed by atoms with Crippen molar-refractivity contribution >= 4 is 17.4 Å². The molecule has 1 aromatic heterocycles. The Bertz CT molecular complexity index is 428. The van der Waals surface area contributed by atoms with Gasteiger partial charge in [-0.2, -0.15) is 0 Å². The van der Waals surface area contributed by atoms with Crippen LogP contribution in [0.2, 0.25) is 0 Å². The largest absolute Gasteiger partial charge is 0.444 e. The fourth-order valence-corrected chi connectivity index (χ4v) is 2.71. The van der Waals surface area contributed by atoms with E-state index in [0.29, 0.717) is 13.2 Å². The van der Waals surface area contributed by atoms with Gasteiger partial charge < -0.3 is 14.4 Å². The molecule has 0 spiro atoms. The van der Waals surface area contributed by atoms with Crippen LogP contribution in [-0.4, -0.2) is 40.8 Å². The second kappa shape index (κ2) is 6.54. The molecule has 1 saturated heterocycles. The summed E-state index contributed by atoms with van der Waals surface area (Å²) in [5.41, 5.74) is 1.34. The third-order valence-corrected chi connectivity index (χ3v) is 3.80. The van der Waals surface area contributed by atoms with Gasteiger partial charge in [0, 0.05) is 12.7 Å². The molecular weight excluding hydrogens is 276 g/mol. The van der Waals surface area contributed by atoms with Crippen LogP contribution in [0.15, 0.2) is 11.7 Å². The van der Waals surface area contributed by atoms with Crippen molar-refractivity contribution in [2.24, 2.45) is 0 Å². The minimum atomic E-state index is -0.451. The number of aromatic nitrogens is 1. The first-order valence-corrected chi connectivity index (χ1v) is 7.78. The molecule has 0 unspecified atom stereocenters. The fourth-order valence-electron chi connectivity index (χ4n) is 2.18. The summed E-state index contributed by atoms with van der Waals surface area (Å²) in [6.07, 6.45) is 3.56. The quantitative estimate of drug-likeness (QED) is 0.857. The summed E-state index contributed by atoms with van der Waals surface area (Å²) in [5, 5.41) is 0. The summed E-state index contributed by atoms with van der Waals surface area (Å²) in [7, 11) is 0. The monoisotopic (exact) mass is 298 g/mol. The van der Waals surface area contributed by atoms with E-state index in [1.165, 1.54) is 0 Å². The lowest BCUT2D eigenvalue weighted by atomic mass is 10.2. The minimum absolute atomic E-state index is 0.123. The van der Waals surface area contributed by atoms with Crippen molar-refractivity contribution in [3.05, 3.63) is 16.6 Å². The number of hydrogen-bond donors (Lipinski definition) is 0. The van der Waals surface area contributed by atoms with Crippen LogP contribution in [0.3, 0.4) is 0 Å². The van der Waals surface area contributed by atoms with Gasteiger partial charge in [0.05, 0.1) is 29.6 Å². The van der Waals surface area contributed by atoms with Crippen molar-refractivity contribution in [1.82, 2.24) is 9.88 Å². The van der Waals surface area contributed by atoms with E-state index < -0.39 is 5.60 Å². The number of carbonyl (C=O) groups excluding carboxylic acids is 1. The van der Waals surface area contributed by atoms with Crippen molar-refractivity contribution in [2.75, 3.05) is 13.2 Å². The Morgan fingerprint density at radius 1 is 1.55 bits per heavy atom. The second-order valence-corrected chi connectivity index (χ2v) is 6.92. The molecule has 6 heteroatoms. The molecule has 2 heterocycles. The molecule has 20 heavy (non-hydrogen) atoms. The number of amides is 1. The summed E-state index contributed by atoms with van der Waals surface area (Å²) in [5.74, 6) is 0. The van der Waals surface area contributed by atoms with E-state index in [0.717, 1.165) is 24.3 Å². The Morgan fingerprint density at radius 2 is 2.35 bits per heavy atom. The lowest BCUT2D eigenvalue weighted by Crippen LogP contribution is -2.41. The van der Waals surface area contributed by atoms with Crippen molar-refractivity contribution in [3.63, 3.8) is 0 Å². The molecule has 1 aliphatic rings. The number of likely N-dealkylation sites (tertiary alicyclic amines) is 1. The van der Waals surface area contributed by atoms with E-state index in [9.17, 15) is 4.79 Å². The average molecular weight is 298 g/mol. The number of rotatable bonds is 4. The Morgan fingerprint density at radius 3 is 3.00 bits per heavy atom. The van der Waals surface area contributed by atoms with Gasteiger partial charge in [-0.3, -0.25) is 4.98 Å². The van der Waals surface area contributed by atoms with Crippen molar-refractivity contribution in [2.45, 2.75) is 51.9 Å². The zero-order chi connectivity index (χ0) is 14.6. The number of thiazole rings is 1. The van der Waals surface area contributed by atoms with Crippen LogP contribution in [0, 0.1) is 0 Å². The molecular formula is C14H22N2O3S.